The molecule has 2 rings (SSSR count). The minimum Gasteiger partial charge on any atom is -0.301 e. The molecule has 15 heavy (non-hydrogen) atoms. The van der Waals surface area contributed by atoms with E-state index in [0.717, 1.165) is 19.5 Å². The summed E-state index contributed by atoms with van der Waals surface area (Å²) < 4.78 is 0.458. The van der Waals surface area contributed by atoms with E-state index in [9.17, 15) is 4.79 Å². The first kappa shape index (κ1) is 11.5. The fraction of sp³-hybridized carbons (Fsp3) is 0.917. The average Bonchev–Trinajstić information content (AvgIpc) is 2.59. The van der Waals surface area contributed by atoms with Gasteiger partial charge in [0.05, 0.1) is 0 Å². The van der Waals surface area contributed by atoms with E-state index in [1.807, 2.05) is 0 Å². The second-order valence-corrected chi connectivity index (χ2v) is 6.94. The van der Waals surface area contributed by atoms with Crippen molar-refractivity contribution in [1.82, 2.24) is 4.90 Å². The Morgan fingerprint density at radius 2 is 2.40 bits per heavy atom. The number of piperidine rings is 1. The lowest BCUT2D eigenvalue weighted by molar-refractivity contribution is -0.125. The Bertz CT molecular complexity index is 248. The monoisotopic (exact) mass is 227 g/mol. The quantitative estimate of drug-likeness (QED) is 0.721. The molecule has 0 saturated carbocycles. The van der Waals surface area contributed by atoms with E-state index < -0.39 is 0 Å². The number of hydrogen-bond donors (Lipinski definition) is 0. The normalized spacial score (nSPS) is 38.5. The number of thioether (sulfide) groups is 1. The Labute approximate surface area is 96.8 Å². The molecule has 2 heterocycles. The molecule has 0 radical (unpaired) electrons. The number of carbonyl (C=O) groups is 1. The SMILES string of the molecule is CC1CN(CC2(C)CCCS2)CCC1=O. The Morgan fingerprint density at radius 3 is 3.00 bits per heavy atom. The molecule has 0 aliphatic carbocycles. The molecule has 2 unspecified atom stereocenters. The number of nitrogens with zero attached hydrogens (tertiary/aromatic N) is 1. The van der Waals surface area contributed by atoms with Gasteiger partial charge in [0, 0.05) is 36.7 Å². The van der Waals surface area contributed by atoms with Gasteiger partial charge in [-0.3, -0.25) is 4.79 Å². The van der Waals surface area contributed by atoms with Gasteiger partial charge in [0.15, 0.2) is 0 Å². The van der Waals surface area contributed by atoms with E-state index in [0.29, 0.717) is 10.5 Å². The molecule has 0 aromatic heterocycles. The van der Waals surface area contributed by atoms with Crippen molar-refractivity contribution in [1.29, 1.82) is 0 Å². The number of likely N-dealkylation sites (tertiary alicyclic amines) is 1. The summed E-state index contributed by atoms with van der Waals surface area (Å²) in [4.78, 5) is 13.9. The first-order chi connectivity index (χ1) is 7.09. The van der Waals surface area contributed by atoms with Gasteiger partial charge in [-0.2, -0.15) is 11.8 Å². The standard InChI is InChI=1S/C12H21NOS/c1-10-8-13(6-4-11(10)14)9-12(2)5-3-7-15-12/h10H,3-9H2,1-2H3. The first-order valence-electron chi connectivity index (χ1n) is 5.98. The molecule has 2 atom stereocenters. The van der Waals surface area contributed by atoms with Crippen LogP contribution in [0.1, 0.15) is 33.1 Å². The fourth-order valence-electron chi connectivity index (χ4n) is 2.67. The highest BCUT2D eigenvalue weighted by Gasteiger charge is 2.33. The van der Waals surface area contributed by atoms with Crippen molar-refractivity contribution >= 4 is 17.5 Å². The largest absolute Gasteiger partial charge is 0.301 e. The molecule has 2 aliphatic heterocycles. The predicted octanol–water partition coefficient (Wildman–Crippen LogP) is 2.18. The molecule has 0 N–H and O–H groups in total. The van der Waals surface area contributed by atoms with Crippen molar-refractivity contribution < 1.29 is 4.79 Å². The van der Waals surface area contributed by atoms with E-state index in [2.05, 4.69) is 30.5 Å². The third-order valence-electron chi connectivity index (χ3n) is 3.61. The van der Waals surface area contributed by atoms with Gasteiger partial charge >= 0.3 is 0 Å². The molecule has 3 heteroatoms. The van der Waals surface area contributed by atoms with E-state index in [1.54, 1.807) is 0 Å². The van der Waals surface area contributed by atoms with Crippen LogP contribution in [0.2, 0.25) is 0 Å². The summed E-state index contributed by atoms with van der Waals surface area (Å²) in [6, 6.07) is 0. The fourth-order valence-corrected chi connectivity index (χ4v) is 4.02. The number of rotatable bonds is 2. The zero-order valence-corrected chi connectivity index (χ0v) is 10.6. The van der Waals surface area contributed by atoms with E-state index >= 15 is 0 Å². The number of ketones is 1. The molecule has 0 amide bonds. The summed E-state index contributed by atoms with van der Waals surface area (Å²) in [5, 5.41) is 0. The lowest BCUT2D eigenvalue weighted by atomic mass is 9.96. The van der Waals surface area contributed by atoms with Gasteiger partial charge in [0.2, 0.25) is 0 Å². The summed E-state index contributed by atoms with van der Waals surface area (Å²) in [6.07, 6.45) is 3.47. The number of hydrogen-bond acceptors (Lipinski definition) is 3. The van der Waals surface area contributed by atoms with Gasteiger partial charge in [0.25, 0.3) is 0 Å². The summed E-state index contributed by atoms with van der Waals surface area (Å²) in [7, 11) is 0. The first-order valence-corrected chi connectivity index (χ1v) is 6.97. The zero-order chi connectivity index (χ0) is 10.9. The van der Waals surface area contributed by atoms with Gasteiger partial charge < -0.3 is 4.90 Å². The van der Waals surface area contributed by atoms with Gasteiger partial charge in [-0.25, -0.2) is 0 Å². The van der Waals surface area contributed by atoms with Gasteiger partial charge in [-0.15, -0.1) is 0 Å². The van der Waals surface area contributed by atoms with Crippen LogP contribution in [0.3, 0.4) is 0 Å². The van der Waals surface area contributed by atoms with Crippen LogP contribution < -0.4 is 0 Å². The second kappa shape index (κ2) is 4.46. The molecule has 0 bridgehead atoms. The molecule has 86 valence electrons. The molecular formula is C12H21NOS. The second-order valence-electron chi connectivity index (χ2n) is 5.25. The third kappa shape index (κ3) is 2.76. The van der Waals surface area contributed by atoms with Crippen LogP contribution in [0.15, 0.2) is 0 Å². The Kier molecular flexibility index (Phi) is 3.41. The lowest BCUT2D eigenvalue weighted by Crippen LogP contribution is -2.45. The minimum absolute atomic E-state index is 0.258. The Morgan fingerprint density at radius 1 is 1.60 bits per heavy atom. The lowest BCUT2D eigenvalue weighted by Gasteiger charge is -2.35. The average molecular weight is 227 g/mol. The Balaban J connectivity index is 1.87. The predicted molar refractivity (Wildman–Crippen MR) is 65.3 cm³/mol. The van der Waals surface area contributed by atoms with Crippen LogP contribution in [-0.4, -0.2) is 40.8 Å². The smallest absolute Gasteiger partial charge is 0.138 e. The highest BCUT2D eigenvalue weighted by atomic mass is 32.2. The highest BCUT2D eigenvalue weighted by molar-refractivity contribution is 8.00. The topological polar surface area (TPSA) is 20.3 Å². The maximum atomic E-state index is 11.4. The highest BCUT2D eigenvalue weighted by Crippen LogP contribution is 2.38. The van der Waals surface area contributed by atoms with Crippen LogP contribution in [-0.2, 0) is 4.79 Å². The van der Waals surface area contributed by atoms with Gasteiger partial charge in [-0.1, -0.05) is 6.92 Å². The summed E-state index contributed by atoms with van der Waals surface area (Å²) in [5.41, 5.74) is 0. The molecule has 2 nitrogen and oxygen atoms in total. The van der Waals surface area contributed by atoms with Gasteiger partial charge in [-0.05, 0) is 25.5 Å². The molecule has 0 aromatic carbocycles. The summed E-state index contributed by atoms with van der Waals surface area (Å²) in [6.45, 7) is 7.59. The van der Waals surface area contributed by atoms with Crippen molar-refractivity contribution in [2.24, 2.45) is 5.92 Å². The minimum atomic E-state index is 0.258. The third-order valence-corrected chi connectivity index (χ3v) is 5.14. The molecule has 2 fully saturated rings. The van der Waals surface area contributed by atoms with Crippen LogP contribution >= 0.6 is 11.8 Å². The van der Waals surface area contributed by atoms with Crippen molar-refractivity contribution in [2.45, 2.75) is 37.9 Å². The van der Waals surface area contributed by atoms with Crippen molar-refractivity contribution in [2.75, 3.05) is 25.4 Å². The van der Waals surface area contributed by atoms with E-state index in [1.165, 1.54) is 25.1 Å². The Hall–Kier alpha value is -0.0200. The molecule has 0 aromatic rings. The van der Waals surface area contributed by atoms with Crippen LogP contribution in [0.25, 0.3) is 0 Å². The zero-order valence-electron chi connectivity index (χ0n) is 9.79. The van der Waals surface area contributed by atoms with Crippen LogP contribution in [0.4, 0.5) is 0 Å². The molecule has 0 spiro atoms. The van der Waals surface area contributed by atoms with E-state index in [-0.39, 0.29) is 5.92 Å². The molecule has 2 saturated heterocycles. The van der Waals surface area contributed by atoms with E-state index in [4.69, 9.17) is 0 Å². The van der Waals surface area contributed by atoms with Crippen molar-refractivity contribution in [3.05, 3.63) is 0 Å². The summed E-state index contributed by atoms with van der Waals surface area (Å²) >= 11 is 2.11. The molecule has 2 aliphatic rings. The maximum absolute atomic E-state index is 11.4. The molecular weight excluding hydrogens is 206 g/mol. The number of carbonyl (C=O) groups excluding carboxylic acids is 1. The summed E-state index contributed by atoms with van der Waals surface area (Å²) in [5.74, 6) is 2.03. The van der Waals surface area contributed by atoms with Crippen LogP contribution in [0.5, 0.6) is 0 Å². The van der Waals surface area contributed by atoms with Crippen molar-refractivity contribution in [3.63, 3.8) is 0 Å². The van der Waals surface area contributed by atoms with Gasteiger partial charge in [0.1, 0.15) is 5.78 Å². The number of Topliss-reactive ketones (excluding diaryl/α,β-unsaturated/α-hetero) is 1. The van der Waals surface area contributed by atoms with Crippen LogP contribution in [0, 0.1) is 5.92 Å². The van der Waals surface area contributed by atoms with Crippen molar-refractivity contribution in [3.8, 4) is 0 Å². The maximum Gasteiger partial charge on any atom is 0.138 e.